The molecule has 0 bridgehead atoms. The Labute approximate surface area is 145 Å². The summed E-state index contributed by atoms with van der Waals surface area (Å²) in [6.45, 7) is 1.80. The smallest absolute Gasteiger partial charge is 0.336 e. The molecule has 7 heteroatoms. The Morgan fingerprint density at radius 2 is 1.96 bits per heavy atom. The summed E-state index contributed by atoms with van der Waals surface area (Å²) in [5.41, 5.74) is 1.16. The fourth-order valence-electron chi connectivity index (χ4n) is 2.34. The molecule has 0 spiro atoms. The predicted octanol–water partition coefficient (Wildman–Crippen LogP) is 4.11. The monoisotopic (exact) mass is 361 g/mol. The maximum atomic E-state index is 13.5. The third kappa shape index (κ3) is 4.06. The number of carbonyl (C=O) groups excluding carboxylic acids is 1. The number of hydrogen-bond donors (Lipinski definition) is 1. The summed E-state index contributed by atoms with van der Waals surface area (Å²) in [6.07, 6.45) is 0. The number of halogens is 2. The summed E-state index contributed by atoms with van der Waals surface area (Å²) < 4.78 is 31.5. The largest absolute Gasteiger partial charge is 0.423 e. The van der Waals surface area contributed by atoms with Gasteiger partial charge in [0.25, 0.3) is 0 Å². The number of rotatable bonds is 4. The Morgan fingerprint density at radius 3 is 2.72 bits per heavy atom. The predicted molar refractivity (Wildman–Crippen MR) is 92.9 cm³/mol. The third-order valence-electron chi connectivity index (χ3n) is 3.49. The number of amides is 1. The average molecular weight is 361 g/mol. The highest BCUT2D eigenvalue weighted by Crippen LogP contribution is 2.24. The van der Waals surface area contributed by atoms with Gasteiger partial charge in [-0.05, 0) is 36.8 Å². The van der Waals surface area contributed by atoms with Gasteiger partial charge in [-0.3, -0.25) is 4.79 Å². The topological polar surface area (TPSA) is 59.3 Å². The van der Waals surface area contributed by atoms with Crippen molar-refractivity contribution in [2.75, 3.05) is 11.1 Å². The molecule has 3 rings (SSSR count). The number of thioether (sulfide) groups is 1. The maximum absolute atomic E-state index is 13.5. The molecule has 0 aliphatic carbocycles. The number of fused-ring (bicyclic) bond motifs is 1. The zero-order chi connectivity index (χ0) is 18.0. The van der Waals surface area contributed by atoms with E-state index in [0.717, 1.165) is 34.8 Å². The Hall–Kier alpha value is -2.67. The fourth-order valence-corrected chi connectivity index (χ4v) is 3.06. The highest BCUT2D eigenvalue weighted by molar-refractivity contribution is 8.00. The molecule has 4 nitrogen and oxygen atoms in total. The number of benzene rings is 2. The van der Waals surface area contributed by atoms with Gasteiger partial charge < -0.3 is 9.73 Å². The van der Waals surface area contributed by atoms with Crippen LogP contribution in [-0.2, 0) is 4.79 Å². The molecular weight excluding hydrogens is 348 g/mol. The van der Waals surface area contributed by atoms with Gasteiger partial charge in [-0.2, -0.15) is 0 Å². The van der Waals surface area contributed by atoms with Gasteiger partial charge in [0.1, 0.15) is 17.2 Å². The van der Waals surface area contributed by atoms with E-state index in [2.05, 4.69) is 5.32 Å². The number of aryl methyl sites for hydroxylation is 1. The van der Waals surface area contributed by atoms with Crippen molar-refractivity contribution in [1.82, 2.24) is 0 Å². The van der Waals surface area contributed by atoms with E-state index >= 15 is 0 Å². The van der Waals surface area contributed by atoms with Crippen molar-refractivity contribution in [2.45, 2.75) is 11.8 Å². The minimum Gasteiger partial charge on any atom is -0.423 e. The zero-order valence-corrected chi connectivity index (χ0v) is 14.0. The van der Waals surface area contributed by atoms with Gasteiger partial charge in [0.15, 0.2) is 0 Å². The van der Waals surface area contributed by atoms with E-state index in [9.17, 15) is 18.4 Å². The van der Waals surface area contributed by atoms with Crippen molar-refractivity contribution in [2.24, 2.45) is 0 Å². The Balaban J connectivity index is 1.70. The first kappa shape index (κ1) is 17.2. The molecule has 0 radical (unpaired) electrons. The van der Waals surface area contributed by atoms with Gasteiger partial charge >= 0.3 is 5.63 Å². The first-order valence-electron chi connectivity index (χ1n) is 7.34. The zero-order valence-electron chi connectivity index (χ0n) is 13.1. The van der Waals surface area contributed by atoms with Gasteiger partial charge in [-0.15, -0.1) is 11.8 Å². The van der Waals surface area contributed by atoms with Crippen LogP contribution in [0.2, 0.25) is 0 Å². The van der Waals surface area contributed by atoms with Crippen LogP contribution >= 0.6 is 11.8 Å². The minimum absolute atomic E-state index is 0.0433. The number of nitrogens with one attached hydrogen (secondary N) is 1. The van der Waals surface area contributed by atoms with Crippen LogP contribution < -0.4 is 10.9 Å². The van der Waals surface area contributed by atoms with Gasteiger partial charge in [0.05, 0.1) is 5.75 Å². The lowest BCUT2D eigenvalue weighted by atomic mass is 10.1. The molecule has 1 amide bonds. The summed E-state index contributed by atoms with van der Waals surface area (Å²) in [7, 11) is 0. The van der Waals surface area contributed by atoms with Crippen molar-refractivity contribution in [3.8, 4) is 0 Å². The second-order valence-electron chi connectivity index (χ2n) is 5.37. The molecular formula is C18H13F2NO3S. The molecule has 0 saturated carbocycles. The first-order chi connectivity index (χ1) is 11.9. The van der Waals surface area contributed by atoms with Gasteiger partial charge in [0.2, 0.25) is 5.91 Å². The molecule has 1 heterocycles. The molecule has 3 aromatic rings. The molecule has 2 aromatic carbocycles. The molecule has 1 aromatic heterocycles. The Bertz CT molecular complexity index is 1020. The molecule has 0 unspecified atom stereocenters. The molecule has 0 atom stereocenters. The summed E-state index contributed by atoms with van der Waals surface area (Å²) in [5, 5.41) is 3.43. The Morgan fingerprint density at radius 1 is 1.16 bits per heavy atom. The average Bonchev–Trinajstić information content (AvgIpc) is 2.53. The molecule has 0 saturated heterocycles. The summed E-state index contributed by atoms with van der Waals surface area (Å²) in [5.74, 6) is -1.78. The second-order valence-corrected chi connectivity index (χ2v) is 6.39. The van der Waals surface area contributed by atoms with Crippen molar-refractivity contribution < 1.29 is 18.0 Å². The number of anilines is 1. The van der Waals surface area contributed by atoms with Gasteiger partial charge in [-0.25, -0.2) is 13.6 Å². The van der Waals surface area contributed by atoms with Crippen LogP contribution in [0.1, 0.15) is 5.56 Å². The fraction of sp³-hybridized carbons (Fsp3) is 0.111. The number of carbonyl (C=O) groups is 1. The highest BCUT2D eigenvalue weighted by atomic mass is 32.2. The lowest BCUT2D eigenvalue weighted by Crippen LogP contribution is -2.14. The summed E-state index contributed by atoms with van der Waals surface area (Å²) in [6, 6.07) is 9.59. The second kappa shape index (κ2) is 7.06. The summed E-state index contributed by atoms with van der Waals surface area (Å²) >= 11 is 0.964. The quantitative estimate of drug-likeness (QED) is 0.561. The molecule has 1 N–H and O–H groups in total. The van der Waals surface area contributed by atoms with Crippen LogP contribution in [0, 0.1) is 18.6 Å². The van der Waals surface area contributed by atoms with E-state index in [1.165, 1.54) is 12.1 Å². The van der Waals surface area contributed by atoms with E-state index < -0.39 is 17.3 Å². The van der Waals surface area contributed by atoms with Gasteiger partial charge in [0, 0.05) is 34.2 Å². The molecule has 0 aliphatic heterocycles. The molecule has 0 aliphatic rings. The SMILES string of the molecule is Cc1cc(=O)oc2cc(NC(=O)CSc3ccc(F)cc3F)ccc12. The molecule has 0 fully saturated rings. The first-order valence-corrected chi connectivity index (χ1v) is 8.33. The van der Waals surface area contributed by atoms with E-state index in [0.29, 0.717) is 11.3 Å². The molecule has 25 heavy (non-hydrogen) atoms. The van der Waals surface area contributed by atoms with E-state index in [1.807, 2.05) is 0 Å². The standard InChI is InChI=1S/C18H13F2NO3S/c1-10-6-18(23)24-15-8-12(3-4-13(10)15)21-17(22)9-25-16-5-2-11(19)7-14(16)20/h2-8H,9H2,1H3,(H,21,22). The van der Waals surface area contributed by atoms with Crippen LogP contribution in [0.25, 0.3) is 11.0 Å². The Kier molecular flexibility index (Phi) is 4.85. The van der Waals surface area contributed by atoms with Crippen molar-refractivity contribution in [3.63, 3.8) is 0 Å². The number of hydrogen-bond acceptors (Lipinski definition) is 4. The summed E-state index contributed by atoms with van der Waals surface area (Å²) in [4.78, 5) is 23.6. The van der Waals surface area contributed by atoms with Crippen LogP contribution in [0.3, 0.4) is 0 Å². The van der Waals surface area contributed by atoms with Crippen LogP contribution in [0.15, 0.2) is 56.6 Å². The van der Waals surface area contributed by atoms with E-state index in [-0.39, 0.29) is 16.6 Å². The van der Waals surface area contributed by atoms with Crippen molar-refractivity contribution in [1.29, 1.82) is 0 Å². The van der Waals surface area contributed by atoms with E-state index in [4.69, 9.17) is 4.42 Å². The van der Waals surface area contributed by atoms with Crippen LogP contribution in [-0.4, -0.2) is 11.7 Å². The van der Waals surface area contributed by atoms with Crippen molar-refractivity contribution in [3.05, 3.63) is 70.1 Å². The van der Waals surface area contributed by atoms with Crippen LogP contribution in [0.5, 0.6) is 0 Å². The normalized spacial score (nSPS) is 10.8. The van der Waals surface area contributed by atoms with Gasteiger partial charge in [-0.1, -0.05) is 0 Å². The van der Waals surface area contributed by atoms with Crippen LogP contribution in [0.4, 0.5) is 14.5 Å². The lowest BCUT2D eigenvalue weighted by Gasteiger charge is -2.07. The van der Waals surface area contributed by atoms with Crippen molar-refractivity contribution >= 4 is 34.3 Å². The lowest BCUT2D eigenvalue weighted by molar-refractivity contribution is -0.113. The minimum atomic E-state index is -0.708. The highest BCUT2D eigenvalue weighted by Gasteiger charge is 2.09. The molecule has 128 valence electrons. The van der Waals surface area contributed by atoms with E-state index in [1.54, 1.807) is 25.1 Å². The third-order valence-corrected chi connectivity index (χ3v) is 4.54. The maximum Gasteiger partial charge on any atom is 0.336 e.